The molecule has 1 aromatic heterocycles. The molecule has 4 aromatic rings. The maximum absolute atomic E-state index is 13.1. The lowest BCUT2D eigenvalue weighted by molar-refractivity contribution is -0.139. The van der Waals surface area contributed by atoms with Gasteiger partial charge in [0, 0.05) is 28.5 Å². The molecule has 1 unspecified atom stereocenters. The van der Waals surface area contributed by atoms with Crippen LogP contribution in [0.15, 0.2) is 78.9 Å². The number of pyridine rings is 1. The van der Waals surface area contributed by atoms with E-state index in [1.54, 1.807) is 42.5 Å². The van der Waals surface area contributed by atoms with Crippen molar-refractivity contribution in [2.75, 3.05) is 6.61 Å². The molecule has 1 aliphatic rings. The first-order valence-corrected chi connectivity index (χ1v) is 12.5. The molecule has 0 saturated heterocycles. The number of aliphatic carboxylic acids is 1. The molecule has 0 bridgehead atoms. The molecule has 0 amide bonds. The van der Waals surface area contributed by atoms with Gasteiger partial charge >= 0.3 is 12.1 Å². The molecular weight excluding hydrogens is 537 g/mol. The lowest BCUT2D eigenvalue weighted by Crippen LogP contribution is -2.21. The summed E-state index contributed by atoms with van der Waals surface area (Å²) in [6, 6.07) is 20.9. The van der Waals surface area contributed by atoms with Crippen molar-refractivity contribution in [3.05, 3.63) is 107 Å². The SMILES string of the molecule is N#Cc1cc2c(cc1Oc1ccc(C(=O)Cc3cccc(-c4cccc(C(F)(F)F)c4)n3)cc1)OCCC2C(=O)O. The van der Waals surface area contributed by atoms with Gasteiger partial charge in [0.2, 0.25) is 0 Å². The van der Waals surface area contributed by atoms with E-state index in [9.17, 15) is 33.1 Å². The van der Waals surface area contributed by atoms with Crippen LogP contribution in [-0.2, 0) is 17.4 Å². The molecule has 0 radical (unpaired) electrons. The van der Waals surface area contributed by atoms with Crippen molar-refractivity contribution in [3.8, 4) is 34.6 Å². The van der Waals surface area contributed by atoms with Crippen molar-refractivity contribution >= 4 is 11.8 Å². The van der Waals surface area contributed by atoms with Gasteiger partial charge in [-0.15, -0.1) is 0 Å². The lowest BCUT2D eigenvalue weighted by Gasteiger charge is -2.24. The number of hydrogen-bond donors (Lipinski definition) is 1. The number of nitrogens with zero attached hydrogens (tertiary/aromatic N) is 2. The second kappa shape index (κ2) is 11.1. The molecule has 0 spiro atoms. The summed E-state index contributed by atoms with van der Waals surface area (Å²) in [7, 11) is 0. The summed E-state index contributed by atoms with van der Waals surface area (Å²) in [5.74, 6) is -1.16. The highest BCUT2D eigenvalue weighted by Gasteiger charge is 2.31. The second-order valence-corrected chi connectivity index (χ2v) is 9.35. The van der Waals surface area contributed by atoms with Gasteiger partial charge in [-0.2, -0.15) is 18.4 Å². The number of aromatic nitrogens is 1. The molecular formula is C31H21F3N2O5. The second-order valence-electron chi connectivity index (χ2n) is 9.35. The van der Waals surface area contributed by atoms with Crippen LogP contribution in [0.5, 0.6) is 17.2 Å². The van der Waals surface area contributed by atoms with Gasteiger partial charge < -0.3 is 14.6 Å². The first-order valence-electron chi connectivity index (χ1n) is 12.5. The molecule has 1 N–H and O–H groups in total. The number of benzene rings is 3. The molecule has 1 atom stereocenters. The van der Waals surface area contributed by atoms with Gasteiger partial charge in [0.15, 0.2) is 5.78 Å². The van der Waals surface area contributed by atoms with E-state index in [1.807, 2.05) is 6.07 Å². The topological polar surface area (TPSA) is 110 Å². The fourth-order valence-corrected chi connectivity index (χ4v) is 4.54. The molecule has 41 heavy (non-hydrogen) atoms. The number of carboxylic acid groups (broad SMARTS) is 1. The molecule has 7 nitrogen and oxygen atoms in total. The third-order valence-corrected chi connectivity index (χ3v) is 6.61. The number of carboxylic acids is 1. The molecule has 0 saturated carbocycles. The highest BCUT2D eigenvalue weighted by atomic mass is 19.4. The molecule has 2 heterocycles. The monoisotopic (exact) mass is 558 g/mol. The van der Waals surface area contributed by atoms with E-state index >= 15 is 0 Å². The fourth-order valence-electron chi connectivity index (χ4n) is 4.54. The number of nitriles is 1. The third-order valence-electron chi connectivity index (χ3n) is 6.61. The maximum atomic E-state index is 13.1. The van der Waals surface area contributed by atoms with Gasteiger partial charge in [0.25, 0.3) is 0 Å². The fraction of sp³-hybridized carbons (Fsp3) is 0.161. The summed E-state index contributed by atoms with van der Waals surface area (Å²) < 4.78 is 50.8. The van der Waals surface area contributed by atoms with E-state index in [2.05, 4.69) is 4.98 Å². The summed E-state index contributed by atoms with van der Waals surface area (Å²) >= 11 is 0. The minimum atomic E-state index is -4.48. The zero-order chi connectivity index (χ0) is 29.1. The molecule has 10 heteroatoms. The number of hydrogen-bond acceptors (Lipinski definition) is 6. The number of carbonyl (C=O) groups excluding carboxylic acids is 1. The minimum absolute atomic E-state index is 0.0709. The Morgan fingerprint density at radius 1 is 1.05 bits per heavy atom. The highest BCUT2D eigenvalue weighted by Crippen LogP contribution is 2.40. The van der Waals surface area contributed by atoms with E-state index in [0.29, 0.717) is 46.0 Å². The first kappa shape index (κ1) is 27.4. The van der Waals surface area contributed by atoms with Crippen LogP contribution in [0.2, 0.25) is 0 Å². The predicted molar refractivity (Wildman–Crippen MR) is 141 cm³/mol. The summed E-state index contributed by atoms with van der Waals surface area (Å²) in [5, 5.41) is 19.1. The van der Waals surface area contributed by atoms with Crippen LogP contribution < -0.4 is 9.47 Å². The Hall–Kier alpha value is -5.17. The van der Waals surface area contributed by atoms with Gasteiger partial charge in [0.1, 0.15) is 23.3 Å². The number of carbonyl (C=O) groups is 2. The normalized spacial score (nSPS) is 14.3. The zero-order valence-corrected chi connectivity index (χ0v) is 21.3. The van der Waals surface area contributed by atoms with Crippen molar-refractivity contribution in [3.63, 3.8) is 0 Å². The largest absolute Gasteiger partial charge is 0.493 e. The van der Waals surface area contributed by atoms with Crippen LogP contribution >= 0.6 is 0 Å². The number of ether oxygens (including phenoxy) is 2. The Balaban J connectivity index is 1.30. The van der Waals surface area contributed by atoms with Gasteiger partial charge in [-0.3, -0.25) is 14.6 Å². The third kappa shape index (κ3) is 6.04. The first-order chi connectivity index (χ1) is 19.6. The number of ketones is 1. The van der Waals surface area contributed by atoms with E-state index in [-0.39, 0.29) is 30.1 Å². The van der Waals surface area contributed by atoms with Crippen molar-refractivity contribution in [2.24, 2.45) is 0 Å². The average molecular weight is 559 g/mol. The number of halogens is 3. The van der Waals surface area contributed by atoms with E-state index in [1.165, 1.54) is 24.3 Å². The van der Waals surface area contributed by atoms with Crippen molar-refractivity contribution in [1.29, 1.82) is 5.26 Å². The Morgan fingerprint density at radius 2 is 1.80 bits per heavy atom. The van der Waals surface area contributed by atoms with Gasteiger partial charge in [-0.25, -0.2) is 0 Å². The number of rotatable bonds is 7. The molecule has 0 aliphatic carbocycles. The average Bonchev–Trinajstić information content (AvgIpc) is 2.96. The van der Waals surface area contributed by atoms with Gasteiger partial charge in [-0.1, -0.05) is 18.2 Å². The van der Waals surface area contributed by atoms with Crippen molar-refractivity contribution in [2.45, 2.75) is 24.9 Å². The number of Topliss-reactive ketones (excluding diaryl/α,β-unsaturated/α-hetero) is 1. The minimum Gasteiger partial charge on any atom is -0.493 e. The molecule has 206 valence electrons. The number of alkyl halides is 3. The molecule has 3 aromatic carbocycles. The van der Waals surface area contributed by atoms with Crippen molar-refractivity contribution in [1.82, 2.24) is 4.98 Å². The molecule has 5 rings (SSSR count). The van der Waals surface area contributed by atoms with Crippen LogP contribution in [0, 0.1) is 11.3 Å². The molecule has 1 aliphatic heterocycles. The van der Waals surface area contributed by atoms with Gasteiger partial charge in [0.05, 0.1) is 35.8 Å². The Labute approximate surface area is 232 Å². The zero-order valence-electron chi connectivity index (χ0n) is 21.3. The highest BCUT2D eigenvalue weighted by molar-refractivity contribution is 5.97. The van der Waals surface area contributed by atoms with Crippen molar-refractivity contribution < 1.29 is 37.3 Å². The van der Waals surface area contributed by atoms with Crippen LogP contribution in [0.25, 0.3) is 11.3 Å². The van der Waals surface area contributed by atoms with Crippen LogP contribution in [0.3, 0.4) is 0 Å². The van der Waals surface area contributed by atoms with E-state index in [0.717, 1.165) is 12.1 Å². The van der Waals surface area contributed by atoms with Crippen LogP contribution in [0.4, 0.5) is 13.2 Å². The van der Waals surface area contributed by atoms with Crippen LogP contribution in [-0.4, -0.2) is 28.4 Å². The summed E-state index contributed by atoms with van der Waals surface area (Å²) in [6.45, 7) is 0.226. The summed E-state index contributed by atoms with van der Waals surface area (Å²) in [6.07, 6.45) is -4.25. The Kier molecular flexibility index (Phi) is 7.44. The van der Waals surface area contributed by atoms with E-state index in [4.69, 9.17) is 9.47 Å². The van der Waals surface area contributed by atoms with E-state index < -0.39 is 23.6 Å². The maximum Gasteiger partial charge on any atom is 0.416 e. The predicted octanol–water partition coefficient (Wildman–Crippen LogP) is 6.81. The Morgan fingerprint density at radius 3 is 2.51 bits per heavy atom. The van der Waals surface area contributed by atoms with Gasteiger partial charge in [-0.05, 0) is 61.0 Å². The lowest BCUT2D eigenvalue weighted by atomic mass is 9.91. The summed E-state index contributed by atoms with van der Waals surface area (Å²) in [5.41, 5.74) is 1.15. The smallest absolute Gasteiger partial charge is 0.416 e. The summed E-state index contributed by atoms with van der Waals surface area (Å²) in [4.78, 5) is 28.9. The molecule has 0 fully saturated rings. The Bertz CT molecular complexity index is 1680. The quantitative estimate of drug-likeness (QED) is 0.248. The van der Waals surface area contributed by atoms with Crippen LogP contribution in [0.1, 0.15) is 45.1 Å². The standard InChI is InChI=1S/C31H21F3N2O5/c32-31(33,34)21-4-1-3-19(13-21)26-6-2-5-22(36-26)15-27(37)18-7-9-23(10-8-18)41-28-16-29-25(14-20(28)17-35)24(30(38)39)11-12-40-29/h1-10,13-14,16,24H,11-12,15H2,(H,38,39). The number of fused-ring (bicyclic) bond motifs is 1.